The molecule has 100 valence electrons. The summed E-state index contributed by atoms with van der Waals surface area (Å²) >= 11 is 0. The molecule has 0 aliphatic heterocycles. The van der Waals surface area contributed by atoms with Gasteiger partial charge in [0.2, 0.25) is 0 Å². The average Bonchev–Trinajstić information content (AvgIpc) is 2.41. The zero-order valence-corrected chi connectivity index (χ0v) is 11.0. The Hall–Kier alpha value is -1.94. The minimum Gasteiger partial charge on any atom is -0.394 e. The summed E-state index contributed by atoms with van der Waals surface area (Å²) in [5.41, 5.74) is 1.80. The predicted octanol–water partition coefficient (Wildman–Crippen LogP) is 2.85. The Labute approximate surface area is 112 Å². The standard InChI is InChI=1S/C15H17FN2O/c1-11-5-3-4-6-14(11)18-15(2,10-19)12-7-13(16)9-17-8-12/h3-9,18-19H,10H2,1-2H3. The largest absolute Gasteiger partial charge is 0.394 e. The summed E-state index contributed by atoms with van der Waals surface area (Å²) < 4.78 is 13.3. The lowest BCUT2D eigenvalue weighted by Gasteiger charge is -2.31. The van der Waals surface area contributed by atoms with Gasteiger partial charge in [-0.15, -0.1) is 0 Å². The molecule has 0 aliphatic rings. The van der Waals surface area contributed by atoms with Crippen LogP contribution < -0.4 is 5.32 Å². The number of hydrogen-bond donors (Lipinski definition) is 2. The first-order valence-electron chi connectivity index (χ1n) is 6.11. The van der Waals surface area contributed by atoms with Gasteiger partial charge >= 0.3 is 0 Å². The van der Waals surface area contributed by atoms with E-state index in [2.05, 4.69) is 10.3 Å². The van der Waals surface area contributed by atoms with E-state index in [-0.39, 0.29) is 6.61 Å². The minimum atomic E-state index is -0.777. The molecule has 0 bridgehead atoms. The highest BCUT2D eigenvalue weighted by Gasteiger charge is 2.26. The molecule has 0 saturated heterocycles. The van der Waals surface area contributed by atoms with Gasteiger partial charge in [0.1, 0.15) is 5.82 Å². The fourth-order valence-electron chi connectivity index (χ4n) is 1.93. The molecule has 2 aromatic rings. The van der Waals surface area contributed by atoms with E-state index in [1.165, 1.54) is 6.07 Å². The summed E-state index contributed by atoms with van der Waals surface area (Å²) in [7, 11) is 0. The monoisotopic (exact) mass is 260 g/mol. The molecule has 2 N–H and O–H groups in total. The van der Waals surface area contributed by atoms with Crippen molar-refractivity contribution in [3.63, 3.8) is 0 Å². The number of nitrogens with zero attached hydrogens (tertiary/aromatic N) is 1. The van der Waals surface area contributed by atoms with Gasteiger partial charge in [-0.2, -0.15) is 0 Å². The highest BCUT2D eigenvalue weighted by molar-refractivity contribution is 5.53. The van der Waals surface area contributed by atoms with Crippen molar-refractivity contribution in [2.45, 2.75) is 19.4 Å². The van der Waals surface area contributed by atoms with Crippen LogP contribution in [0.2, 0.25) is 0 Å². The number of benzene rings is 1. The average molecular weight is 260 g/mol. The molecule has 4 heteroatoms. The van der Waals surface area contributed by atoms with Crippen LogP contribution in [0.15, 0.2) is 42.7 Å². The van der Waals surface area contributed by atoms with Gasteiger partial charge in [-0.25, -0.2) is 4.39 Å². The van der Waals surface area contributed by atoms with Crippen molar-refractivity contribution in [1.29, 1.82) is 0 Å². The van der Waals surface area contributed by atoms with Crippen molar-refractivity contribution in [3.8, 4) is 0 Å². The third-order valence-corrected chi connectivity index (χ3v) is 3.21. The van der Waals surface area contributed by atoms with Crippen LogP contribution in [0.3, 0.4) is 0 Å². The SMILES string of the molecule is Cc1ccccc1NC(C)(CO)c1cncc(F)c1. The van der Waals surface area contributed by atoms with E-state index in [0.29, 0.717) is 5.56 Å². The molecule has 1 aromatic heterocycles. The third-order valence-electron chi connectivity index (χ3n) is 3.21. The molecule has 1 unspecified atom stereocenters. The summed E-state index contributed by atoms with van der Waals surface area (Å²) in [6.45, 7) is 3.63. The van der Waals surface area contributed by atoms with E-state index >= 15 is 0 Å². The molecule has 1 atom stereocenters. The van der Waals surface area contributed by atoms with E-state index in [9.17, 15) is 9.50 Å². The molecule has 0 spiro atoms. The van der Waals surface area contributed by atoms with Gasteiger partial charge in [-0.1, -0.05) is 18.2 Å². The van der Waals surface area contributed by atoms with Crippen molar-refractivity contribution < 1.29 is 9.50 Å². The van der Waals surface area contributed by atoms with E-state index in [1.807, 2.05) is 38.1 Å². The fourth-order valence-corrected chi connectivity index (χ4v) is 1.93. The zero-order chi connectivity index (χ0) is 13.9. The molecule has 3 nitrogen and oxygen atoms in total. The number of aryl methyl sites for hydroxylation is 1. The quantitative estimate of drug-likeness (QED) is 0.888. The van der Waals surface area contributed by atoms with Gasteiger partial charge in [0.15, 0.2) is 0 Å². The van der Waals surface area contributed by atoms with Crippen LogP contribution in [0.25, 0.3) is 0 Å². The van der Waals surface area contributed by atoms with Gasteiger partial charge in [0.25, 0.3) is 0 Å². The zero-order valence-electron chi connectivity index (χ0n) is 11.0. The van der Waals surface area contributed by atoms with Crippen molar-refractivity contribution >= 4 is 5.69 Å². The highest BCUT2D eigenvalue weighted by Crippen LogP contribution is 2.27. The number of aliphatic hydroxyl groups is 1. The fraction of sp³-hybridized carbons (Fsp3) is 0.267. The molecule has 0 radical (unpaired) electrons. The number of hydrogen-bond acceptors (Lipinski definition) is 3. The Morgan fingerprint density at radius 2 is 2.05 bits per heavy atom. The van der Waals surface area contributed by atoms with Crippen molar-refractivity contribution in [2.24, 2.45) is 0 Å². The normalized spacial score (nSPS) is 13.9. The molecule has 0 saturated carbocycles. The van der Waals surface area contributed by atoms with Crippen LogP contribution in [-0.2, 0) is 5.54 Å². The number of anilines is 1. The number of aliphatic hydroxyl groups excluding tert-OH is 1. The number of rotatable bonds is 4. The number of para-hydroxylation sites is 1. The van der Waals surface area contributed by atoms with Gasteiger partial charge in [0, 0.05) is 17.4 Å². The maximum Gasteiger partial charge on any atom is 0.141 e. The van der Waals surface area contributed by atoms with E-state index < -0.39 is 11.4 Å². The van der Waals surface area contributed by atoms with Gasteiger partial charge in [-0.3, -0.25) is 4.98 Å². The topological polar surface area (TPSA) is 45.1 Å². The Bertz CT molecular complexity index is 574. The number of pyridine rings is 1. The second kappa shape index (κ2) is 5.36. The maximum absolute atomic E-state index is 13.3. The van der Waals surface area contributed by atoms with Crippen molar-refractivity contribution in [2.75, 3.05) is 11.9 Å². The number of nitrogens with one attached hydrogen (secondary N) is 1. The summed E-state index contributed by atoms with van der Waals surface area (Å²) in [5.74, 6) is -0.413. The lowest BCUT2D eigenvalue weighted by Crippen LogP contribution is -2.36. The molecule has 1 heterocycles. The second-order valence-corrected chi connectivity index (χ2v) is 4.82. The first-order chi connectivity index (χ1) is 9.05. The van der Waals surface area contributed by atoms with E-state index in [1.54, 1.807) is 6.20 Å². The van der Waals surface area contributed by atoms with Crippen LogP contribution in [0.4, 0.5) is 10.1 Å². The summed E-state index contributed by atoms with van der Waals surface area (Å²) in [5, 5.41) is 12.9. The van der Waals surface area contributed by atoms with Gasteiger partial charge in [-0.05, 0) is 31.5 Å². The smallest absolute Gasteiger partial charge is 0.141 e. The summed E-state index contributed by atoms with van der Waals surface area (Å²) in [6.07, 6.45) is 2.71. The van der Waals surface area contributed by atoms with E-state index in [0.717, 1.165) is 17.4 Å². The molecule has 0 aliphatic carbocycles. The lowest BCUT2D eigenvalue weighted by molar-refractivity contribution is 0.223. The maximum atomic E-state index is 13.3. The van der Waals surface area contributed by atoms with Crippen molar-refractivity contribution in [3.05, 3.63) is 59.7 Å². The molecule has 0 fully saturated rings. The Balaban J connectivity index is 2.36. The second-order valence-electron chi connectivity index (χ2n) is 4.82. The number of halogens is 1. The number of aromatic nitrogens is 1. The molecule has 19 heavy (non-hydrogen) atoms. The molecule has 1 aromatic carbocycles. The molecule has 2 rings (SSSR count). The van der Waals surface area contributed by atoms with Crippen LogP contribution in [-0.4, -0.2) is 16.7 Å². The summed E-state index contributed by atoms with van der Waals surface area (Å²) in [6, 6.07) is 9.14. The van der Waals surface area contributed by atoms with E-state index in [4.69, 9.17) is 0 Å². The van der Waals surface area contributed by atoms with Crippen LogP contribution in [0.5, 0.6) is 0 Å². The molecular weight excluding hydrogens is 243 g/mol. The Morgan fingerprint density at radius 1 is 1.32 bits per heavy atom. The Morgan fingerprint density at radius 3 is 2.68 bits per heavy atom. The third kappa shape index (κ3) is 2.90. The molecule has 0 amide bonds. The lowest BCUT2D eigenvalue weighted by atomic mass is 9.93. The van der Waals surface area contributed by atoms with Gasteiger partial charge < -0.3 is 10.4 Å². The van der Waals surface area contributed by atoms with Gasteiger partial charge in [0.05, 0.1) is 18.3 Å². The van der Waals surface area contributed by atoms with Crippen LogP contribution in [0, 0.1) is 12.7 Å². The highest BCUT2D eigenvalue weighted by atomic mass is 19.1. The van der Waals surface area contributed by atoms with Crippen LogP contribution in [0.1, 0.15) is 18.1 Å². The first kappa shape index (κ1) is 13.5. The predicted molar refractivity (Wildman–Crippen MR) is 73.4 cm³/mol. The van der Waals surface area contributed by atoms with Crippen molar-refractivity contribution in [1.82, 2.24) is 4.98 Å². The molecular formula is C15H17FN2O. The first-order valence-corrected chi connectivity index (χ1v) is 6.11. The summed E-state index contributed by atoms with van der Waals surface area (Å²) in [4.78, 5) is 3.84. The Kier molecular flexibility index (Phi) is 3.81. The minimum absolute atomic E-state index is 0.160. The van der Waals surface area contributed by atoms with Crippen LogP contribution >= 0.6 is 0 Å².